The number of rotatable bonds is 1. The summed E-state index contributed by atoms with van der Waals surface area (Å²) < 4.78 is 31.2. The lowest BCUT2D eigenvalue weighted by atomic mass is 10.2. The van der Waals surface area contributed by atoms with Crippen molar-refractivity contribution < 1.29 is 18.3 Å². The van der Waals surface area contributed by atoms with Crippen molar-refractivity contribution in [2.75, 3.05) is 6.54 Å². The van der Waals surface area contributed by atoms with Gasteiger partial charge in [-0.2, -0.15) is 0 Å². The van der Waals surface area contributed by atoms with Crippen LogP contribution in [0.3, 0.4) is 0 Å². The van der Waals surface area contributed by atoms with Crippen molar-refractivity contribution >= 4 is 10.1 Å². The van der Waals surface area contributed by atoms with E-state index in [0.717, 1.165) is 12.1 Å². The third-order valence-corrected chi connectivity index (χ3v) is 2.93. The highest BCUT2D eigenvalue weighted by atomic mass is 32.2. The molecule has 0 aliphatic carbocycles. The zero-order valence-corrected chi connectivity index (χ0v) is 10.4. The minimum absolute atomic E-state index is 0.178. The first-order valence-electron chi connectivity index (χ1n) is 5.18. The third kappa shape index (κ3) is 5.44. The fraction of sp³-hybridized carbons (Fsp3) is 0.167. The summed E-state index contributed by atoms with van der Waals surface area (Å²) in [5.41, 5.74) is 0.928. The molecule has 0 spiro atoms. The highest BCUT2D eigenvalue weighted by Crippen LogP contribution is 2.08. The van der Waals surface area contributed by atoms with Gasteiger partial charge in [-0.3, -0.25) is 0 Å². The van der Waals surface area contributed by atoms with Gasteiger partial charge in [-0.25, -0.2) is 8.42 Å². The Hall–Kier alpha value is -1.43. The van der Waals surface area contributed by atoms with Crippen LogP contribution in [0.1, 0.15) is 5.56 Å². The van der Waals surface area contributed by atoms with E-state index in [1.165, 1.54) is 12.1 Å². The fourth-order valence-electron chi connectivity index (χ4n) is 1.16. The van der Waals surface area contributed by atoms with Crippen molar-refractivity contribution in [3.63, 3.8) is 0 Å². The summed E-state index contributed by atoms with van der Waals surface area (Å²) >= 11 is 0. The highest BCUT2D eigenvalue weighted by Gasteiger charge is 1.97. The van der Waals surface area contributed by atoms with Crippen LogP contribution in [0.2, 0.25) is 0 Å². The molecule has 1 aromatic carbocycles. The first kappa shape index (κ1) is 13.6. The summed E-state index contributed by atoms with van der Waals surface area (Å²) in [6.45, 7) is 2.93. The summed E-state index contributed by atoms with van der Waals surface area (Å²) in [5.74, 6) is 0. The molecule has 92 valence electrons. The Kier molecular flexibility index (Phi) is 5.09. The number of benzene rings is 1. The SMILES string of the molecule is C1=CC[NH2+]C=C1.Cc1ccc(S(=O)(=O)[O-])cc1. The van der Waals surface area contributed by atoms with Crippen molar-refractivity contribution in [3.05, 3.63) is 54.3 Å². The van der Waals surface area contributed by atoms with E-state index in [2.05, 4.69) is 23.7 Å². The quantitative estimate of drug-likeness (QED) is 0.742. The standard InChI is InChI=1S/C7H8O3S.C5H7N/c1-6-2-4-7(5-3-6)11(8,9)10;1-2-4-6-5-3-1/h2-5H,1H3,(H,8,9,10);1-4,6H,5H2. The molecule has 0 atom stereocenters. The number of hydrogen-bond donors (Lipinski definition) is 1. The van der Waals surface area contributed by atoms with Crippen LogP contribution < -0.4 is 5.32 Å². The Labute approximate surface area is 101 Å². The zero-order valence-electron chi connectivity index (χ0n) is 9.54. The molecule has 1 aromatic rings. The molecule has 0 fully saturated rings. The van der Waals surface area contributed by atoms with E-state index in [-0.39, 0.29) is 4.90 Å². The second kappa shape index (κ2) is 6.34. The van der Waals surface area contributed by atoms with Gasteiger partial charge in [0.15, 0.2) is 0 Å². The first-order valence-corrected chi connectivity index (χ1v) is 6.58. The molecule has 5 heteroatoms. The van der Waals surface area contributed by atoms with Crippen LogP contribution in [0.4, 0.5) is 0 Å². The summed E-state index contributed by atoms with van der Waals surface area (Å²) in [4.78, 5) is -0.178. The Morgan fingerprint density at radius 1 is 1.18 bits per heavy atom. The molecule has 17 heavy (non-hydrogen) atoms. The second-order valence-corrected chi connectivity index (χ2v) is 4.93. The zero-order chi connectivity index (χ0) is 12.7. The largest absolute Gasteiger partial charge is 0.744 e. The maximum atomic E-state index is 10.4. The van der Waals surface area contributed by atoms with Gasteiger partial charge in [-0.05, 0) is 31.2 Å². The summed E-state index contributed by atoms with van der Waals surface area (Å²) in [5, 5.41) is 2.12. The molecule has 0 radical (unpaired) electrons. The lowest BCUT2D eigenvalue weighted by Crippen LogP contribution is -2.78. The Morgan fingerprint density at radius 2 is 1.82 bits per heavy atom. The Morgan fingerprint density at radius 3 is 2.12 bits per heavy atom. The number of aryl methyl sites for hydroxylation is 1. The molecule has 0 aromatic heterocycles. The average Bonchev–Trinajstić information content (AvgIpc) is 2.31. The van der Waals surface area contributed by atoms with Gasteiger partial charge in [0.2, 0.25) is 0 Å². The van der Waals surface area contributed by atoms with Crippen molar-refractivity contribution in [1.29, 1.82) is 0 Å². The van der Waals surface area contributed by atoms with E-state index in [4.69, 9.17) is 0 Å². The van der Waals surface area contributed by atoms with Crippen LogP contribution in [0.25, 0.3) is 0 Å². The van der Waals surface area contributed by atoms with Crippen molar-refractivity contribution in [2.45, 2.75) is 11.8 Å². The van der Waals surface area contributed by atoms with E-state index in [1.54, 1.807) is 12.1 Å². The lowest BCUT2D eigenvalue weighted by molar-refractivity contribution is -0.578. The molecule has 1 heterocycles. The van der Waals surface area contributed by atoms with Crippen LogP contribution >= 0.6 is 0 Å². The van der Waals surface area contributed by atoms with Gasteiger partial charge in [0, 0.05) is 0 Å². The van der Waals surface area contributed by atoms with Crippen molar-refractivity contribution in [3.8, 4) is 0 Å². The van der Waals surface area contributed by atoms with Gasteiger partial charge in [-0.15, -0.1) is 0 Å². The third-order valence-electron chi connectivity index (χ3n) is 2.08. The lowest BCUT2D eigenvalue weighted by Gasteiger charge is -2.05. The molecule has 0 unspecified atom stereocenters. The smallest absolute Gasteiger partial charge is 0.124 e. The predicted molar refractivity (Wildman–Crippen MR) is 64.2 cm³/mol. The maximum Gasteiger partial charge on any atom is 0.124 e. The molecule has 2 rings (SSSR count). The monoisotopic (exact) mass is 253 g/mol. The molecule has 1 aliphatic heterocycles. The van der Waals surface area contributed by atoms with E-state index < -0.39 is 10.1 Å². The molecular weight excluding hydrogens is 238 g/mol. The molecular formula is C12H15NO3S. The number of quaternary nitrogens is 1. The minimum Gasteiger partial charge on any atom is -0.744 e. The van der Waals surface area contributed by atoms with Crippen LogP contribution in [-0.4, -0.2) is 19.5 Å². The van der Waals surface area contributed by atoms with E-state index >= 15 is 0 Å². The molecule has 1 aliphatic rings. The highest BCUT2D eigenvalue weighted by molar-refractivity contribution is 7.85. The predicted octanol–water partition coefficient (Wildman–Crippen LogP) is 0.532. The Bertz CT molecular complexity index is 489. The summed E-state index contributed by atoms with van der Waals surface area (Å²) in [6, 6.07) is 5.78. The van der Waals surface area contributed by atoms with E-state index in [9.17, 15) is 13.0 Å². The van der Waals surface area contributed by atoms with Gasteiger partial charge in [-0.1, -0.05) is 23.8 Å². The van der Waals surface area contributed by atoms with Crippen LogP contribution in [0.5, 0.6) is 0 Å². The molecule has 0 saturated carbocycles. The molecule has 4 nitrogen and oxygen atoms in total. The van der Waals surface area contributed by atoms with Crippen LogP contribution in [0.15, 0.2) is 53.6 Å². The Balaban J connectivity index is 0.000000202. The van der Waals surface area contributed by atoms with Crippen LogP contribution in [-0.2, 0) is 10.1 Å². The van der Waals surface area contributed by atoms with E-state index in [0.29, 0.717) is 0 Å². The molecule has 0 bridgehead atoms. The normalized spacial score (nSPS) is 14.0. The van der Waals surface area contributed by atoms with Crippen molar-refractivity contribution in [2.24, 2.45) is 0 Å². The molecule has 2 N–H and O–H groups in total. The number of nitrogens with two attached hydrogens (primary N) is 1. The van der Waals surface area contributed by atoms with Gasteiger partial charge < -0.3 is 9.87 Å². The minimum atomic E-state index is -4.27. The maximum absolute atomic E-state index is 10.4. The van der Waals surface area contributed by atoms with E-state index in [1.807, 2.05) is 13.0 Å². The van der Waals surface area contributed by atoms with Gasteiger partial charge in [0.25, 0.3) is 0 Å². The van der Waals surface area contributed by atoms with Gasteiger partial charge in [0.1, 0.15) is 10.1 Å². The molecule has 0 saturated heterocycles. The summed E-state index contributed by atoms with van der Waals surface area (Å²) in [6.07, 6.45) is 8.27. The van der Waals surface area contributed by atoms with Crippen LogP contribution in [0, 0.1) is 6.92 Å². The number of hydrogen-bond acceptors (Lipinski definition) is 3. The van der Waals surface area contributed by atoms with Gasteiger partial charge >= 0.3 is 0 Å². The van der Waals surface area contributed by atoms with Gasteiger partial charge in [0.05, 0.1) is 17.6 Å². The topological polar surface area (TPSA) is 73.8 Å². The van der Waals surface area contributed by atoms with Crippen molar-refractivity contribution in [1.82, 2.24) is 0 Å². The second-order valence-electron chi connectivity index (χ2n) is 3.55. The molecule has 0 amide bonds. The fourth-order valence-corrected chi connectivity index (χ4v) is 1.63. The first-order chi connectivity index (χ1) is 8.00. The summed E-state index contributed by atoms with van der Waals surface area (Å²) in [7, 11) is -4.27. The number of allylic oxidation sites excluding steroid dienone is 2. The average molecular weight is 253 g/mol.